The quantitative estimate of drug-likeness (QED) is 0.776. The summed E-state index contributed by atoms with van der Waals surface area (Å²) in [7, 11) is 0. The van der Waals surface area contributed by atoms with Crippen molar-refractivity contribution < 1.29 is 4.79 Å². The van der Waals surface area contributed by atoms with Crippen molar-refractivity contribution >= 4 is 5.91 Å². The van der Waals surface area contributed by atoms with Crippen LogP contribution in [0.4, 0.5) is 0 Å². The molecule has 2 fully saturated rings. The molecule has 0 radical (unpaired) electrons. The van der Waals surface area contributed by atoms with Gasteiger partial charge in [-0.15, -0.1) is 0 Å². The Morgan fingerprint density at radius 3 is 2.56 bits per heavy atom. The van der Waals surface area contributed by atoms with Crippen LogP contribution in [0.25, 0.3) is 0 Å². The van der Waals surface area contributed by atoms with Crippen molar-refractivity contribution in [2.75, 3.05) is 0 Å². The van der Waals surface area contributed by atoms with Crippen molar-refractivity contribution in [2.24, 2.45) is 5.92 Å². The van der Waals surface area contributed by atoms with Gasteiger partial charge in [0.25, 0.3) is 0 Å². The number of hydrogen-bond acceptors (Lipinski definition) is 2. The predicted octanol–water partition coefficient (Wildman–Crippen LogP) is 2.12. The van der Waals surface area contributed by atoms with Crippen molar-refractivity contribution in [2.45, 2.75) is 71.1 Å². The molecule has 16 heavy (non-hydrogen) atoms. The Morgan fingerprint density at radius 2 is 2.06 bits per heavy atom. The Balaban J connectivity index is 2.02. The minimum atomic E-state index is 0.0908. The predicted molar refractivity (Wildman–Crippen MR) is 64.9 cm³/mol. The first-order valence-corrected chi connectivity index (χ1v) is 6.81. The lowest BCUT2D eigenvalue weighted by atomic mass is 10.1. The van der Waals surface area contributed by atoms with Crippen molar-refractivity contribution in [1.29, 1.82) is 0 Å². The third kappa shape index (κ3) is 1.97. The first kappa shape index (κ1) is 11.9. The largest absolute Gasteiger partial charge is 0.323 e. The van der Waals surface area contributed by atoms with Gasteiger partial charge in [-0.2, -0.15) is 0 Å². The van der Waals surface area contributed by atoms with Gasteiger partial charge in [-0.25, -0.2) is 0 Å². The van der Waals surface area contributed by atoms with Crippen LogP contribution in [0.15, 0.2) is 0 Å². The molecule has 1 aliphatic carbocycles. The first-order valence-electron chi connectivity index (χ1n) is 6.81. The van der Waals surface area contributed by atoms with Gasteiger partial charge in [-0.05, 0) is 25.2 Å². The second-order valence-electron chi connectivity index (χ2n) is 5.15. The van der Waals surface area contributed by atoms with E-state index in [2.05, 4.69) is 31.0 Å². The smallest absolute Gasteiger partial charge is 0.241 e. The Kier molecular flexibility index (Phi) is 3.53. The van der Waals surface area contributed by atoms with Crippen molar-refractivity contribution in [3.63, 3.8) is 0 Å². The van der Waals surface area contributed by atoms with Crippen LogP contribution in [0.2, 0.25) is 0 Å². The molecule has 2 rings (SSSR count). The van der Waals surface area contributed by atoms with E-state index in [0.29, 0.717) is 18.1 Å². The normalized spacial score (nSPS) is 38.2. The summed E-state index contributed by atoms with van der Waals surface area (Å²) in [6.45, 7) is 6.53. The Bertz CT molecular complexity index is 267. The maximum Gasteiger partial charge on any atom is 0.241 e. The highest BCUT2D eigenvalue weighted by molar-refractivity contribution is 5.85. The number of hydrogen-bond donors (Lipinski definition) is 1. The molecule has 0 aromatic rings. The van der Waals surface area contributed by atoms with Gasteiger partial charge in [0.2, 0.25) is 5.91 Å². The third-order valence-electron chi connectivity index (χ3n) is 4.01. The fourth-order valence-electron chi connectivity index (χ4n) is 2.93. The molecule has 1 amide bonds. The fraction of sp³-hybridized carbons (Fsp3) is 0.923. The number of carbonyl (C=O) groups excluding carboxylic acids is 1. The van der Waals surface area contributed by atoms with Crippen LogP contribution in [-0.4, -0.2) is 29.1 Å². The standard InChI is InChI=1S/C13H24N2O/c1-4-7-10-13(16)15(12(6-3)14-10)11-8-9(11)5-2/h9-12,14H,4-8H2,1-3H3. The lowest BCUT2D eigenvalue weighted by Gasteiger charge is -2.23. The molecule has 0 spiro atoms. The maximum absolute atomic E-state index is 12.3. The highest BCUT2D eigenvalue weighted by Gasteiger charge is 2.49. The van der Waals surface area contributed by atoms with Crippen LogP contribution in [0.1, 0.15) is 52.9 Å². The molecule has 1 aliphatic heterocycles. The van der Waals surface area contributed by atoms with Crippen molar-refractivity contribution in [3.8, 4) is 0 Å². The molecule has 4 unspecified atom stereocenters. The number of rotatable bonds is 5. The van der Waals surface area contributed by atoms with E-state index in [1.54, 1.807) is 0 Å². The summed E-state index contributed by atoms with van der Waals surface area (Å²) >= 11 is 0. The van der Waals surface area contributed by atoms with E-state index < -0.39 is 0 Å². The summed E-state index contributed by atoms with van der Waals surface area (Å²) in [4.78, 5) is 14.4. The monoisotopic (exact) mass is 224 g/mol. The molecule has 4 atom stereocenters. The second kappa shape index (κ2) is 4.74. The average Bonchev–Trinajstić information content (AvgIpc) is 2.99. The topological polar surface area (TPSA) is 32.3 Å². The first-order chi connectivity index (χ1) is 7.72. The molecule has 1 N–H and O–H groups in total. The summed E-state index contributed by atoms with van der Waals surface area (Å²) in [5, 5.41) is 3.48. The van der Waals surface area contributed by atoms with E-state index in [4.69, 9.17) is 0 Å². The van der Waals surface area contributed by atoms with Crippen LogP contribution < -0.4 is 5.32 Å². The zero-order valence-corrected chi connectivity index (χ0v) is 10.7. The third-order valence-corrected chi connectivity index (χ3v) is 4.01. The molecule has 1 heterocycles. The summed E-state index contributed by atoms with van der Waals surface area (Å²) in [5.41, 5.74) is 0. The van der Waals surface area contributed by atoms with Crippen LogP contribution in [0.5, 0.6) is 0 Å². The van der Waals surface area contributed by atoms with E-state index in [-0.39, 0.29) is 6.04 Å². The van der Waals surface area contributed by atoms with Gasteiger partial charge < -0.3 is 4.90 Å². The minimum absolute atomic E-state index is 0.0908. The van der Waals surface area contributed by atoms with E-state index >= 15 is 0 Å². The zero-order valence-electron chi connectivity index (χ0n) is 10.7. The molecule has 0 bridgehead atoms. The summed E-state index contributed by atoms with van der Waals surface area (Å²) in [5.74, 6) is 1.12. The van der Waals surface area contributed by atoms with Gasteiger partial charge in [0.05, 0.1) is 12.2 Å². The SMILES string of the molecule is CCCC1NC(CC)N(C2CC2CC)C1=O. The minimum Gasteiger partial charge on any atom is -0.323 e. The second-order valence-corrected chi connectivity index (χ2v) is 5.15. The van der Waals surface area contributed by atoms with Gasteiger partial charge in [0.15, 0.2) is 0 Å². The van der Waals surface area contributed by atoms with Gasteiger partial charge in [-0.3, -0.25) is 10.1 Å². The molecular weight excluding hydrogens is 200 g/mol. The maximum atomic E-state index is 12.3. The number of amides is 1. The highest BCUT2D eigenvalue weighted by atomic mass is 16.2. The molecule has 3 nitrogen and oxygen atoms in total. The van der Waals surface area contributed by atoms with E-state index in [0.717, 1.165) is 25.2 Å². The molecule has 1 saturated carbocycles. The van der Waals surface area contributed by atoms with Crippen LogP contribution in [0.3, 0.4) is 0 Å². The van der Waals surface area contributed by atoms with Crippen molar-refractivity contribution in [3.05, 3.63) is 0 Å². The Morgan fingerprint density at radius 1 is 1.31 bits per heavy atom. The van der Waals surface area contributed by atoms with E-state index in [1.807, 2.05) is 0 Å². The van der Waals surface area contributed by atoms with Gasteiger partial charge in [-0.1, -0.05) is 33.6 Å². The lowest BCUT2D eigenvalue weighted by molar-refractivity contribution is -0.130. The summed E-state index contributed by atoms with van der Waals surface area (Å²) in [6.07, 6.45) is 5.82. The number of nitrogens with one attached hydrogen (secondary N) is 1. The lowest BCUT2D eigenvalue weighted by Crippen LogP contribution is -2.39. The molecular formula is C13H24N2O. The Labute approximate surface area is 98.6 Å². The fourth-order valence-corrected chi connectivity index (χ4v) is 2.93. The summed E-state index contributed by atoms with van der Waals surface area (Å²) in [6, 6.07) is 0.630. The van der Waals surface area contributed by atoms with Gasteiger partial charge >= 0.3 is 0 Å². The molecule has 92 valence electrons. The van der Waals surface area contributed by atoms with Crippen LogP contribution >= 0.6 is 0 Å². The zero-order chi connectivity index (χ0) is 11.7. The van der Waals surface area contributed by atoms with Gasteiger partial charge in [0, 0.05) is 6.04 Å². The van der Waals surface area contributed by atoms with Crippen molar-refractivity contribution in [1.82, 2.24) is 10.2 Å². The Hall–Kier alpha value is -0.570. The molecule has 0 aromatic carbocycles. The van der Waals surface area contributed by atoms with Crippen LogP contribution in [-0.2, 0) is 4.79 Å². The molecule has 3 heteroatoms. The molecule has 0 aromatic heterocycles. The van der Waals surface area contributed by atoms with Crippen LogP contribution in [0, 0.1) is 5.92 Å². The highest BCUT2D eigenvalue weighted by Crippen LogP contribution is 2.41. The van der Waals surface area contributed by atoms with Gasteiger partial charge in [0.1, 0.15) is 0 Å². The molecule has 2 aliphatic rings. The number of nitrogens with zero attached hydrogens (tertiary/aromatic N) is 1. The molecule has 1 saturated heterocycles. The average molecular weight is 224 g/mol. The van der Waals surface area contributed by atoms with E-state index in [9.17, 15) is 4.79 Å². The number of carbonyl (C=O) groups is 1. The van der Waals surface area contributed by atoms with E-state index in [1.165, 1.54) is 12.8 Å². The summed E-state index contributed by atoms with van der Waals surface area (Å²) < 4.78 is 0.